The predicted molar refractivity (Wildman–Crippen MR) is 96.8 cm³/mol. The van der Waals surface area contributed by atoms with Crippen LogP contribution in [-0.2, 0) is 12.8 Å². The third-order valence-corrected chi connectivity index (χ3v) is 4.86. The first-order chi connectivity index (χ1) is 12.8. The summed E-state index contributed by atoms with van der Waals surface area (Å²) in [6.45, 7) is 0. The number of carboxylic acid groups (broad SMARTS) is 1. The van der Waals surface area contributed by atoms with Gasteiger partial charge in [0, 0.05) is 0 Å². The van der Waals surface area contributed by atoms with Crippen molar-refractivity contribution < 1.29 is 23.1 Å². The van der Waals surface area contributed by atoms with Gasteiger partial charge < -0.3 is 5.11 Å². The summed E-state index contributed by atoms with van der Waals surface area (Å²) in [5, 5.41) is 9.27. The molecule has 1 aliphatic rings. The van der Waals surface area contributed by atoms with Crippen LogP contribution in [0, 0.1) is 0 Å². The Morgan fingerprint density at radius 2 is 1.74 bits per heavy atom. The van der Waals surface area contributed by atoms with Crippen LogP contribution in [0.2, 0.25) is 0 Å². The van der Waals surface area contributed by atoms with E-state index in [0.29, 0.717) is 17.5 Å². The van der Waals surface area contributed by atoms with Crippen LogP contribution < -0.4 is 0 Å². The molecule has 0 bridgehead atoms. The van der Waals surface area contributed by atoms with Gasteiger partial charge >= 0.3 is 12.1 Å². The van der Waals surface area contributed by atoms with Gasteiger partial charge in [0.1, 0.15) is 0 Å². The molecule has 5 heteroatoms. The van der Waals surface area contributed by atoms with Crippen molar-refractivity contribution in [3.05, 3.63) is 82.9 Å². The Labute approximate surface area is 153 Å². The van der Waals surface area contributed by atoms with Gasteiger partial charge in [0.15, 0.2) is 0 Å². The van der Waals surface area contributed by atoms with Gasteiger partial charge in [-0.1, -0.05) is 48.5 Å². The highest BCUT2D eigenvalue weighted by Gasteiger charge is 2.31. The highest BCUT2D eigenvalue weighted by atomic mass is 19.4. The summed E-state index contributed by atoms with van der Waals surface area (Å²) < 4.78 is 39.5. The van der Waals surface area contributed by atoms with E-state index in [4.69, 9.17) is 0 Å². The van der Waals surface area contributed by atoms with Gasteiger partial charge in [-0.15, -0.1) is 0 Å². The zero-order valence-corrected chi connectivity index (χ0v) is 14.2. The van der Waals surface area contributed by atoms with Crippen molar-refractivity contribution >= 4 is 5.97 Å². The molecule has 0 spiro atoms. The smallest absolute Gasteiger partial charge is 0.393 e. The van der Waals surface area contributed by atoms with E-state index >= 15 is 0 Å². The zero-order chi connectivity index (χ0) is 19.2. The second kappa shape index (κ2) is 6.27. The van der Waals surface area contributed by atoms with Crippen molar-refractivity contribution in [1.29, 1.82) is 0 Å². The highest BCUT2D eigenvalue weighted by Crippen LogP contribution is 2.44. The molecule has 3 aromatic rings. The lowest BCUT2D eigenvalue weighted by molar-refractivity contribution is -0.127. The predicted octanol–water partition coefficient (Wildman–Crippen LogP) is 5.73. The summed E-state index contributed by atoms with van der Waals surface area (Å²) >= 11 is 0. The number of carboxylic acids is 1. The molecule has 0 fully saturated rings. The fraction of sp³-hybridized carbons (Fsp3) is 0.136. The molecule has 27 heavy (non-hydrogen) atoms. The van der Waals surface area contributed by atoms with Crippen LogP contribution in [0.4, 0.5) is 13.2 Å². The SMILES string of the molecule is O=C(O)c1cccc(-c2c(CC(F)(F)F)ccc3c2Cc2ccccc2-3)c1. The van der Waals surface area contributed by atoms with E-state index in [1.165, 1.54) is 18.2 Å². The molecule has 0 saturated heterocycles. The summed E-state index contributed by atoms with van der Waals surface area (Å²) in [5.41, 5.74) is 5.01. The van der Waals surface area contributed by atoms with Crippen molar-refractivity contribution in [3.63, 3.8) is 0 Å². The number of fused-ring (bicyclic) bond motifs is 3. The van der Waals surface area contributed by atoms with E-state index < -0.39 is 18.6 Å². The normalized spacial score (nSPS) is 12.6. The van der Waals surface area contributed by atoms with Gasteiger partial charge in [-0.05, 0) is 57.5 Å². The van der Waals surface area contributed by atoms with Crippen molar-refractivity contribution in [2.24, 2.45) is 0 Å². The molecular formula is C22H15F3O2. The highest BCUT2D eigenvalue weighted by molar-refractivity contribution is 5.91. The minimum absolute atomic E-state index is 0.0542. The molecule has 0 unspecified atom stereocenters. The van der Waals surface area contributed by atoms with Crippen LogP contribution in [0.15, 0.2) is 60.7 Å². The zero-order valence-electron chi connectivity index (χ0n) is 14.2. The summed E-state index contributed by atoms with van der Waals surface area (Å²) in [6, 6.07) is 17.1. The minimum Gasteiger partial charge on any atom is -0.478 e. The first-order valence-electron chi connectivity index (χ1n) is 8.47. The van der Waals surface area contributed by atoms with Gasteiger partial charge in [-0.3, -0.25) is 0 Å². The Balaban J connectivity index is 1.95. The number of hydrogen-bond acceptors (Lipinski definition) is 1. The fourth-order valence-electron chi connectivity index (χ4n) is 3.79. The molecule has 1 N–H and O–H groups in total. The van der Waals surface area contributed by atoms with Gasteiger partial charge in [0.25, 0.3) is 0 Å². The molecule has 0 radical (unpaired) electrons. The Morgan fingerprint density at radius 3 is 2.48 bits per heavy atom. The minimum atomic E-state index is -4.35. The largest absolute Gasteiger partial charge is 0.478 e. The Kier molecular flexibility index (Phi) is 4.02. The summed E-state index contributed by atoms with van der Waals surface area (Å²) in [4.78, 5) is 11.3. The van der Waals surface area contributed by atoms with Gasteiger partial charge in [0.2, 0.25) is 0 Å². The molecule has 3 aromatic carbocycles. The van der Waals surface area contributed by atoms with Crippen molar-refractivity contribution in [3.8, 4) is 22.3 Å². The monoisotopic (exact) mass is 368 g/mol. The molecule has 0 atom stereocenters. The van der Waals surface area contributed by atoms with Crippen LogP contribution >= 0.6 is 0 Å². The molecule has 0 aliphatic heterocycles. The van der Waals surface area contributed by atoms with Crippen LogP contribution in [0.3, 0.4) is 0 Å². The van der Waals surface area contributed by atoms with Crippen molar-refractivity contribution in [2.45, 2.75) is 19.0 Å². The maximum atomic E-state index is 13.2. The van der Waals surface area contributed by atoms with Gasteiger partial charge in [-0.25, -0.2) is 4.79 Å². The second-order valence-corrected chi connectivity index (χ2v) is 6.64. The second-order valence-electron chi connectivity index (χ2n) is 6.64. The van der Waals surface area contributed by atoms with Gasteiger partial charge in [0.05, 0.1) is 12.0 Å². The number of halogens is 3. The molecule has 0 amide bonds. The molecule has 1 aliphatic carbocycles. The Bertz CT molecular complexity index is 1050. The van der Waals surface area contributed by atoms with E-state index in [9.17, 15) is 23.1 Å². The summed E-state index contributed by atoms with van der Waals surface area (Å²) in [5.74, 6) is -1.11. The first-order valence-corrected chi connectivity index (χ1v) is 8.47. The number of hydrogen-bond donors (Lipinski definition) is 1. The van der Waals surface area contributed by atoms with Crippen molar-refractivity contribution in [1.82, 2.24) is 0 Å². The molecule has 4 rings (SSSR count). The quantitative estimate of drug-likeness (QED) is 0.502. The van der Waals surface area contributed by atoms with Crippen LogP contribution in [0.25, 0.3) is 22.3 Å². The third kappa shape index (κ3) is 3.21. The average Bonchev–Trinajstić information content (AvgIpc) is 2.98. The molecule has 2 nitrogen and oxygen atoms in total. The third-order valence-electron chi connectivity index (χ3n) is 4.86. The summed E-state index contributed by atoms with van der Waals surface area (Å²) in [7, 11) is 0. The van der Waals surface area contributed by atoms with E-state index in [1.807, 2.05) is 24.3 Å². The fourth-order valence-corrected chi connectivity index (χ4v) is 3.79. The topological polar surface area (TPSA) is 37.3 Å². The first kappa shape index (κ1) is 17.3. The van der Waals surface area contributed by atoms with Gasteiger partial charge in [-0.2, -0.15) is 13.2 Å². The number of alkyl halides is 3. The molecule has 0 heterocycles. The Hall–Kier alpha value is -3.08. The van der Waals surface area contributed by atoms with Crippen LogP contribution in [0.1, 0.15) is 27.0 Å². The lowest BCUT2D eigenvalue weighted by Crippen LogP contribution is -2.13. The van der Waals surface area contributed by atoms with E-state index in [1.54, 1.807) is 18.2 Å². The molecule has 136 valence electrons. The number of aromatic carboxylic acids is 1. The van der Waals surface area contributed by atoms with E-state index in [0.717, 1.165) is 22.3 Å². The molecule has 0 saturated carbocycles. The number of rotatable bonds is 3. The number of carbonyl (C=O) groups is 1. The summed E-state index contributed by atoms with van der Waals surface area (Å²) in [6.07, 6.45) is -4.87. The average molecular weight is 368 g/mol. The molecular weight excluding hydrogens is 353 g/mol. The maximum Gasteiger partial charge on any atom is 0.393 e. The van der Waals surface area contributed by atoms with Crippen LogP contribution in [-0.4, -0.2) is 17.3 Å². The number of benzene rings is 3. The Morgan fingerprint density at radius 1 is 0.963 bits per heavy atom. The van der Waals surface area contributed by atoms with E-state index in [-0.39, 0.29) is 11.1 Å². The van der Waals surface area contributed by atoms with Crippen LogP contribution in [0.5, 0.6) is 0 Å². The van der Waals surface area contributed by atoms with E-state index in [2.05, 4.69) is 0 Å². The lowest BCUT2D eigenvalue weighted by atomic mass is 9.89. The lowest BCUT2D eigenvalue weighted by Gasteiger charge is -2.17. The standard InChI is InChI=1S/C22H15F3O2/c23-22(24,25)12-16-8-9-18-17-7-2-1-4-13(17)11-19(18)20(16)14-5-3-6-15(10-14)21(26)27/h1-10H,11-12H2,(H,26,27). The van der Waals surface area contributed by atoms with Crippen molar-refractivity contribution in [2.75, 3.05) is 0 Å². The maximum absolute atomic E-state index is 13.2. The molecule has 0 aromatic heterocycles.